The number of hydrogen-bond acceptors (Lipinski definition) is 4. The van der Waals surface area contributed by atoms with Gasteiger partial charge < -0.3 is 15.0 Å². The molecule has 1 aromatic heterocycles. The normalized spacial score (nSPS) is 19.2. The van der Waals surface area contributed by atoms with Crippen molar-refractivity contribution in [1.29, 1.82) is 0 Å². The monoisotopic (exact) mass is 451 g/mol. The van der Waals surface area contributed by atoms with Crippen LogP contribution in [0.1, 0.15) is 29.8 Å². The van der Waals surface area contributed by atoms with Crippen LogP contribution in [-0.2, 0) is 16.1 Å². The summed E-state index contributed by atoms with van der Waals surface area (Å²) in [5.74, 6) is -0.804. The second-order valence-electron chi connectivity index (χ2n) is 8.40. The number of hydrogen-bond donors (Lipinski definition) is 1. The average molecular weight is 451 g/mol. The molecular weight excluding hydrogens is 426 g/mol. The Bertz CT molecular complexity index is 1000. The Kier molecular flexibility index (Phi) is 6.11. The van der Waals surface area contributed by atoms with Gasteiger partial charge in [-0.05, 0) is 56.0 Å². The van der Waals surface area contributed by atoms with Crippen LogP contribution >= 0.6 is 0 Å². The fourth-order valence-electron chi connectivity index (χ4n) is 4.02. The Morgan fingerprint density at radius 3 is 2.53 bits per heavy atom. The number of alkyl halides is 3. The van der Waals surface area contributed by atoms with Crippen LogP contribution in [0.2, 0.25) is 0 Å². The molecule has 0 spiro atoms. The van der Waals surface area contributed by atoms with Gasteiger partial charge in [-0.25, -0.2) is 4.39 Å². The smallest absolute Gasteiger partial charge is 0.365 e. The fourth-order valence-corrected chi connectivity index (χ4v) is 4.02. The number of carbonyl (C=O) groups is 1. The van der Waals surface area contributed by atoms with Crippen LogP contribution < -0.4 is 10.2 Å². The third-order valence-electron chi connectivity index (χ3n) is 5.78. The van der Waals surface area contributed by atoms with E-state index in [2.05, 4.69) is 10.3 Å². The van der Waals surface area contributed by atoms with E-state index in [1.54, 1.807) is 6.07 Å². The second kappa shape index (κ2) is 8.69. The molecule has 1 aromatic carbocycles. The van der Waals surface area contributed by atoms with Gasteiger partial charge in [-0.2, -0.15) is 13.2 Å². The van der Waals surface area contributed by atoms with Crippen molar-refractivity contribution in [3.63, 3.8) is 0 Å². The lowest BCUT2D eigenvalue weighted by atomic mass is 9.97. The number of nitrogens with one attached hydrogen (secondary N) is 1. The lowest BCUT2D eigenvalue weighted by Gasteiger charge is -2.35. The minimum atomic E-state index is -4.53. The Balaban J connectivity index is 1.71. The second-order valence-corrected chi connectivity index (χ2v) is 8.40. The van der Waals surface area contributed by atoms with Crippen molar-refractivity contribution < 1.29 is 27.1 Å². The predicted octanol–water partition coefficient (Wildman–Crippen LogP) is 4.30. The van der Waals surface area contributed by atoms with E-state index in [9.17, 15) is 18.0 Å². The molecular formula is C23H25F4N3O2. The topological polar surface area (TPSA) is 54.5 Å². The van der Waals surface area contributed by atoms with E-state index in [0.717, 1.165) is 29.8 Å². The van der Waals surface area contributed by atoms with Gasteiger partial charge in [-0.3, -0.25) is 9.78 Å². The molecule has 1 aliphatic carbocycles. The van der Waals surface area contributed by atoms with Crippen LogP contribution in [0.15, 0.2) is 24.3 Å². The molecule has 32 heavy (non-hydrogen) atoms. The van der Waals surface area contributed by atoms with E-state index >= 15 is 4.39 Å². The molecule has 4 rings (SSSR count). The molecule has 1 aliphatic heterocycles. The van der Waals surface area contributed by atoms with Crippen LogP contribution in [-0.4, -0.2) is 42.9 Å². The Labute approximate surface area is 183 Å². The molecule has 2 heterocycles. The van der Waals surface area contributed by atoms with Gasteiger partial charge in [0.15, 0.2) is 11.9 Å². The van der Waals surface area contributed by atoms with E-state index < -0.39 is 24.6 Å². The lowest BCUT2D eigenvalue weighted by molar-refractivity contribution is -0.221. The standard InChI is InChI=1S/C23H25F4N3O2/c1-13-9-16(10-14(2)29-13)17-5-6-19(30-7-8-32-20(12-30)23(25,26)27)21(24)18(17)11-28-22(31)15-3-4-15/h5-6,9-10,15,20H,3-4,7-8,11-12H2,1-2H3,(H,28,31)/t20-/m1/s1. The van der Waals surface area contributed by atoms with Gasteiger partial charge in [-0.15, -0.1) is 0 Å². The van der Waals surface area contributed by atoms with Crippen LogP contribution in [0.25, 0.3) is 11.1 Å². The summed E-state index contributed by atoms with van der Waals surface area (Å²) in [7, 11) is 0. The molecule has 2 aliphatic rings. The first-order valence-electron chi connectivity index (χ1n) is 10.6. The van der Waals surface area contributed by atoms with Crippen molar-refractivity contribution in [1.82, 2.24) is 10.3 Å². The summed E-state index contributed by atoms with van der Waals surface area (Å²) in [4.78, 5) is 17.9. The maximum atomic E-state index is 15.8. The highest BCUT2D eigenvalue weighted by atomic mass is 19.4. The number of aryl methyl sites for hydroxylation is 2. The highest BCUT2D eigenvalue weighted by Gasteiger charge is 2.44. The largest absolute Gasteiger partial charge is 0.416 e. The molecule has 9 heteroatoms. The Hall–Kier alpha value is -2.68. The summed E-state index contributed by atoms with van der Waals surface area (Å²) in [6, 6.07) is 6.84. The number of halogens is 4. The highest BCUT2D eigenvalue weighted by molar-refractivity contribution is 5.81. The third-order valence-corrected chi connectivity index (χ3v) is 5.78. The Morgan fingerprint density at radius 1 is 1.22 bits per heavy atom. The number of benzene rings is 1. The van der Waals surface area contributed by atoms with Crippen LogP contribution in [0.3, 0.4) is 0 Å². The number of nitrogens with zero attached hydrogens (tertiary/aromatic N) is 2. The number of pyridine rings is 1. The predicted molar refractivity (Wildman–Crippen MR) is 112 cm³/mol. The molecule has 2 fully saturated rings. The Morgan fingerprint density at radius 2 is 1.91 bits per heavy atom. The number of amides is 1. The number of morpholine rings is 1. The number of rotatable bonds is 5. The summed E-state index contributed by atoms with van der Waals surface area (Å²) in [5.41, 5.74) is 3.17. The summed E-state index contributed by atoms with van der Waals surface area (Å²) in [6.45, 7) is 3.13. The van der Waals surface area contributed by atoms with Crippen molar-refractivity contribution in [3.8, 4) is 11.1 Å². The van der Waals surface area contributed by atoms with Crippen molar-refractivity contribution >= 4 is 11.6 Å². The number of ether oxygens (including phenoxy) is 1. The van der Waals surface area contributed by atoms with Crippen LogP contribution in [0.4, 0.5) is 23.2 Å². The van der Waals surface area contributed by atoms with Crippen LogP contribution in [0.5, 0.6) is 0 Å². The number of anilines is 1. The molecule has 172 valence electrons. The van der Waals surface area contributed by atoms with Crippen molar-refractivity contribution in [2.75, 3.05) is 24.6 Å². The van der Waals surface area contributed by atoms with Gasteiger partial charge in [0.2, 0.25) is 5.91 Å². The summed E-state index contributed by atoms with van der Waals surface area (Å²) in [6.07, 6.45) is -4.87. The third kappa shape index (κ3) is 4.87. The average Bonchev–Trinajstić information content (AvgIpc) is 3.56. The SMILES string of the molecule is Cc1cc(-c2ccc(N3CCO[C@@H](C(F)(F)F)C3)c(F)c2CNC(=O)C2CC2)cc(C)n1. The first-order chi connectivity index (χ1) is 15.1. The minimum absolute atomic E-state index is 0.0399. The number of aromatic nitrogens is 1. The highest BCUT2D eigenvalue weighted by Crippen LogP contribution is 2.35. The van der Waals surface area contributed by atoms with Gasteiger partial charge >= 0.3 is 6.18 Å². The molecule has 0 bridgehead atoms. The first kappa shape index (κ1) is 22.5. The zero-order chi connectivity index (χ0) is 23.0. The van der Waals surface area contributed by atoms with Gasteiger partial charge in [0.1, 0.15) is 0 Å². The van der Waals surface area contributed by atoms with E-state index in [0.29, 0.717) is 5.56 Å². The van der Waals surface area contributed by atoms with Crippen LogP contribution in [0, 0.1) is 25.6 Å². The molecule has 1 atom stereocenters. The quantitative estimate of drug-likeness (QED) is 0.689. The molecule has 1 N–H and O–H groups in total. The summed E-state index contributed by atoms with van der Waals surface area (Å²) < 4.78 is 60.1. The van der Waals surface area contributed by atoms with E-state index in [1.165, 1.54) is 11.0 Å². The van der Waals surface area contributed by atoms with Gasteiger partial charge in [0, 0.05) is 36.0 Å². The molecule has 0 radical (unpaired) electrons. The lowest BCUT2D eigenvalue weighted by Crippen LogP contribution is -2.49. The van der Waals surface area contributed by atoms with Crippen molar-refractivity contribution in [3.05, 3.63) is 47.0 Å². The summed E-state index contributed by atoms with van der Waals surface area (Å²) in [5, 5.41) is 2.79. The maximum Gasteiger partial charge on any atom is 0.416 e. The van der Waals surface area contributed by atoms with Crippen molar-refractivity contribution in [2.24, 2.45) is 5.92 Å². The van der Waals surface area contributed by atoms with Gasteiger partial charge in [0.25, 0.3) is 0 Å². The molecule has 1 saturated heterocycles. The van der Waals surface area contributed by atoms with Gasteiger partial charge in [-0.1, -0.05) is 6.07 Å². The first-order valence-corrected chi connectivity index (χ1v) is 10.6. The minimum Gasteiger partial charge on any atom is -0.365 e. The van der Waals surface area contributed by atoms with E-state index in [-0.39, 0.29) is 42.8 Å². The number of carbonyl (C=O) groups excluding carboxylic acids is 1. The fraction of sp³-hybridized carbons (Fsp3) is 0.478. The molecule has 1 amide bonds. The maximum absolute atomic E-state index is 15.8. The molecule has 1 saturated carbocycles. The van der Waals surface area contributed by atoms with Gasteiger partial charge in [0.05, 0.1) is 18.8 Å². The van der Waals surface area contributed by atoms with Crippen molar-refractivity contribution in [2.45, 2.75) is 45.5 Å². The van der Waals surface area contributed by atoms with E-state index in [4.69, 9.17) is 4.74 Å². The molecule has 2 aromatic rings. The molecule has 5 nitrogen and oxygen atoms in total. The zero-order valence-electron chi connectivity index (χ0n) is 17.9. The molecule has 0 unspecified atom stereocenters. The van der Waals surface area contributed by atoms with E-state index in [1.807, 2.05) is 26.0 Å². The summed E-state index contributed by atoms with van der Waals surface area (Å²) >= 11 is 0. The zero-order valence-corrected chi connectivity index (χ0v) is 17.9.